The van der Waals surface area contributed by atoms with Crippen LogP contribution < -0.4 is 10.1 Å². The third-order valence-electron chi connectivity index (χ3n) is 3.83. The van der Waals surface area contributed by atoms with Crippen LogP contribution in [0, 0.1) is 0 Å². The van der Waals surface area contributed by atoms with Gasteiger partial charge in [-0.2, -0.15) is 0 Å². The first-order valence-electron chi connectivity index (χ1n) is 6.47. The SMILES string of the molecule is O=C(O)c1ccc(OC2CC3CCC(C2)N3)cc1. The van der Waals surface area contributed by atoms with Gasteiger partial charge < -0.3 is 15.2 Å². The lowest BCUT2D eigenvalue weighted by Gasteiger charge is -2.29. The molecule has 2 atom stereocenters. The van der Waals surface area contributed by atoms with Gasteiger partial charge in [0.25, 0.3) is 0 Å². The molecule has 2 aliphatic heterocycles. The van der Waals surface area contributed by atoms with Gasteiger partial charge in [0, 0.05) is 12.1 Å². The molecule has 2 aliphatic rings. The van der Waals surface area contributed by atoms with E-state index >= 15 is 0 Å². The molecule has 1 aromatic rings. The lowest BCUT2D eigenvalue weighted by Crippen LogP contribution is -2.42. The van der Waals surface area contributed by atoms with Gasteiger partial charge >= 0.3 is 5.97 Å². The number of hydrogen-bond acceptors (Lipinski definition) is 3. The third kappa shape index (κ3) is 2.34. The highest BCUT2D eigenvalue weighted by molar-refractivity contribution is 5.87. The topological polar surface area (TPSA) is 58.6 Å². The van der Waals surface area contributed by atoms with Crippen LogP contribution in [0.15, 0.2) is 24.3 Å². The van der Waals surface area contributed by atoms with E-state index in [-0.39, 0.29) is 6.10 Å². The van der Waals surface area contributed by atoms with E-state index in [1.807, 2.05) is 0 Å². The van der Waals surface area contributed by atoms with Gasteiger partial charge in [0.2, 0.25) is 0 Å². The number of nitrogens with one attached hydrogen (secondary N) is 1. The molecule has 0 spiro atoms. The molecular weight excluding hydrogens is 230 g/mol. The average Bonchev–Trinajstić information content (AvgIpc) is 2.69. The van der Waals surface area contributed by atoms with Gasteiger partial charge in [-0.25, -0.2) is 4.79 Å². The first-order chi connectivity index (χ1) is 8.70. The molecule has 0 radical (unpaired) electrons. The lowest BCUT2D eigenvalue weighted by molar-refractivity contribution is 0.0697. The number of carbonyl (C=O) groups is 1. The highest BCUT2D eigenvalue weighted by Gasteiger charge is 2.34. The molecule has 96 valence electrons. The Morgan fingerprint density at radius 1 is 1.17 bits per heavy atom. The quantitative estimate of drug-likeness (QED) is 0.858. The summed E-state index contributed by atoms with van der Waals surface area (Å²) in [5, 5.41) is 12.4. The summed E-state index contributed by atoms with van der Waals surface area (Å²) in [5.74, 6) is -0.132. The molecule has 2 fully saturated rings. The average molecular weight is 247 g/mol. The number of hydrogen-bond donors (Lipinski definition) is 2. The molecule has 0 aliphatic carbocycles. The van der Waals surface area contributed by atoms with Crippen LogP contribution in [0.5, 0.6) is 5.75 Å². The first kappa shape index (κ1) is 11.5. The molecule has 0 saturated carbocycles. The van der Waals surface area contributed by atoms with Crippen LogP contribution in [0.2, 0.25) is 0 Å². The minimum absolute atomic E-state index is 0.263. The Kier molecular flexibility index (Phi) is 2.96. The minimum atomic E-state index is -0.901. The molecule has 3 rings (SSSR count). The predicted octanol–water partition coefficient (Wildman–Crippen LogP) is 2.05. The number of rotatable bonds is 3. The molecule has 2 heterocycles. The Labute approximate surface area is 106 Å². The molecule has 0 amide bonds. The number of carboxylic acid groups (broad SMARTS) is 1. The van der Waals surface area contributed by atoms with Gasteiger partial charge in [-0.3, -0.25) is 0 Å². The van der Waals surface area contributed by atoms with Gasteiger partial charge in [0.1, 0.15) is 11.9 Å². The van der Waals surface area contributed by atoms with E-state index < -0.39 is 5.97 Å². The van der Waals surface area contributed by atoms with Crippen molar-refractivity contribution in [2.45, 2.75) is 43.9 Å². The van der Waals surface area contributed by atoms with Crippen molar-refractivity contribution in [3.05, 3.63) is 29.8 Å². The smallest absolute Gasteiger partial charge is 0.335 e. The second-order valence-electron chi connectivity index (χ2n) is 5.18. The summed E-state index contributed by atoms with van der Waals surface area (Å²) in [6.45, 7) is 0. The lowest BCUT2D eigenvalue weighted by atomic mass is 10.0. The number of piperidine rings is 1. The zero-order valence-electron chi connectivity index (χ0n) is 10.1. The highest BCUT2D eigenvalue weighted by atomic mass is 16.5. The predicted molar refractivity (Wildman–Crippen MR) is 67.0 cm³/mol. The first-order valence-corrected chi connectivity index (χ1v) is 6.47. The van der Waals surface area contributed by atoms with Crippen molar-refractivity contribution < 1.29 is 14.6 Å². The van der Waals surface area contributed by atoms with Gasteiger partial charge in [-0.15, -0.1) is 0 Å². The van der Waals surface area contributed by atoms with Gasteiger partial charge in [-0.05, 0) is 49.9 Å². The minimum Gasteiger partial charge on any atom is -0.490 e. The molecule has 18 heavy (non-hydrogen) atoms. The van der Waals surface area contributed by atoms with E-state index in [9.17, 15) is 4.79 Å². The third-order valence-corrected chi connectivity index (χ3v) is 3.83. The van der Waals surface area contributed by atoms with E-state index in [4.69, 9.17) is 9.84 Å². The van der Waals surface area contributed by atoms with Crippen molar-refractivity contribution in [3.63, 3.8) is 0 Å². The summed E-state index contributed by atoms with van der Waals surface area (Å²) in [6.07, 6.45) is 4.87. The monoisotopic (exact) mass is 247 g/mol. The zero-order valence-corrected chi connectivity index (χ0v) is 10.1. The van der Waals surface area contributed by atoms with Crippen LogP contribution in [0.1, 0.15) is 36.0 Å². The van der Waals surface area contributed by atoms with Crippen LogP contribution in [-0.2, 0) is 0 Å². The summed E-state index contributed by atoms with van der Waals surface area (Å²) in [5.41, 5.74) is 0.299. The van der Waals surface area contributed by atoms with E-state index in [0.717, 1.165) is 18.6 Å². The van der Waals surface area contributed by atoms with E-state index in [1.54, 1.807) is 24.3 Å². The highest BCUT2D eigenvalue weighted by Crippen LogP contribution is 2.29. The van der Waals surface area contributed by atoms with Crippen molar-refractivity contribution in [1.29, 1.82) is 0 Å². The number of benzene rings is 1. The standard InChI is InChI=1S/C14H17NO3/c16-14(17)9-1-5-12(6-2-9)18-13-7-10-3-4-11(8-13)15-10/h1-2,5-6,10-11,13,15H,3-4,7-8H2,(H,16,17). The normalized spacial score (nSPS) is 30.1. The molecule has 2 bridgehead atoms. The van der Waals surface area contributed by atoms with Crippen molar-refractivity contribution in [3.8, 4) is 5.75 Å². The van der Waals surface area contributed by atoms with Crippen LogP contribution in [0.3, 0.4) is 0 Å². The molecule has 2 unspecified atom stereocenters. The van der Waals surface area contributed by atoms with Crippen LogP contribution in [0.4, 0.5) is 0 Å². The van der Waals surface area contributed by atoms with Crippen molar-refractivity contribution in [1.82, 2.24) is 5.32 Å². The van der Waals surface area contributed by atoms with Crippen molar-refractivity contribution >= 4 is 5.97 Å². The van der Waals surface area contributed by atoms with Crippen LogP contribution in [-0.4, -0.2) is 29.3 Å². The molecular formula is C14H17NO3. The van der Waals surface area contributed by atoms with Gasteiger partial charge in [-0.1, -0.05) is 0 Å². The van der Waals surface area contributed by atoms with Crippen molar-refractivity contribution in [2.24, 2.45) is 0 Å². The van der Waals surface area contributed by atoms with E-state index in [2.05, 4.69) is 5.32 Å². The second-order valence-corrected chi connectivity index (χ2v) is 5.18. The fraction of sp³-hybridized carbons (Fsp3) is 0.500. The Hall–Kier alpha value is -1.55. The summed E-state index contributed by atoms with van der Waals surface area (Å²) in [4.78, 5) is 10.7. The largest absolute Gasteiger partial charge is 0.490 e. The Morgan fingerprint density at radius 2 is 1.78 bits per heavy atom. The second kappa shape index (κ2) is 4.61. The fourth-order valence-corrected chi connectivity index (χ4v) is 2.97. The number of aromatic carboxylic acids is 1. The summed E-state index contributed by atoms with van der Waals surface area (Å²) >= 11 is 0. The Balaban J connectivity index is 1.64. The van der Waals surface area contributed by atoms with E-state index in [0.29, 0.717) is 17.6 Å². The Morgan fingerprint density at radius 3 is 2.33 bits per heavy atom. The van der Waals surface area contributed by atoms with E-state index in [1.165, 1.54) is 12.8 Å². The number of carboxylic acids is 1. The number of fused-ring (bicyclic) bond motifs is 2. The van der Waals surface area contributed by atoms with Crippen LogP contribution in [0.25, 0.3) is 0 Å². The molecule has 1 aromatic carbocycles. The van der Waals surface area contributed by atoms with Crippen LogP contribution >= 0.6 is 0 Å². The summed E-state index contributed by atoms with van der Waals surface area (Å²) in [6, 6.07) is 7.88. The molecule has 2 saturated heterocycles. The maximum Gasteiger partial charge on any atom is 0.335 e. The zero-order chi connectivity index (χ0) is 12.5. The fourth-order valence-electron chi connectivity index (χ4n) is 2.97. The van der Waals surface area contributed by atoms with Crippen molar-refractivity contribution in [2.75, 3.05) is 0 Å². The number of ether oxygens (including phenoxy) is 1. The summed E-state index contributed by atoms with van der Waals surface area (Å²) < 4.78 is 5.94. The summed E-state index contributed by atoms with van der Waals surface area (Å²) in [7, 11) is 0. The molecule has 4 heteroatoms. The maximum atomic E-state index is 10.7. The van der Waals surface area contributed by atoms with Gasteiger partial charge in [0.05, 0.1) is 5.56 Å². The maximum absolute atomic E-state index is 10.7. The molecule has 2 N–H and O–H groups in total. The molecule has 0 aromatic heterocycles. The Bertz CT molecular complexity index is 431. The molecule has 4 nitrogen and oxygen atoms in total. The van der Waals surface area contributed by atoms with Gasteiger partial charge in [0.15, 0.2) is 0 Å².